The molecule has 8 atom stereocenters. The highest BCUT2D eigenvalue weighted by atomic mass is 16.3. The third-order valence-corrected chi connectivity index (χ3v) is 9.25. The van der Waals surface area contributed by atoms with E-state index in [1.54, 1.807) is 6.92 Å². The van der Waals surface area contributed by atoms with E-state index in [0.29, 0.717) is 12.8 Å². The molecule has 4 aliphatic rings. The third kappa shape index (κ3) is 2.10. The molecule has 0 spiro atoms. The molecule has 0 aromatic rings. The second-order valence-corrected chi connectivity index (χ2v) is 10.1. The maximum atomic E-state index is 13.3. The van der Waals surface area contributed by atoms with Crippen LogP contribution in [-0.4, -0.2) is 38.9 Å². The van der Waals surface area contributed by atoms with Crippen molar-refractivity contribution in [2.45, 2.75) is 90.4 Å². The summed E-state index contributed by atoms with van der Waals surface area (Å²) in [6.45, 7) is 8.17. The summed E-state index contributed by atoms with van der Waals surface area (Å²) in [5.41, 5.74) is 0.755. The van der Waals surface area contributed by atoms with E-state index in [4.69, 9.17) is 0 Å². The fraction of sp³-hybridized carbons (Fsp3) is 0.864. The van der Waals surface area contributed by atoms with Crippen LogP contribution in [-0.2, 0) is 4.79 Å². The molecular weight excluding hydrogens is 328 g/mol. The van der Waals surface area contributed by atoms with Crippen molar-refractivity contribution in [1.82, 2.24) is 0 Å². The molecule has 3 N–H and O–H groups in total. The van der Waals surface area contributed by atoms with E-state index in [1.165, 1.54) is 5.57 Å². The molecule has 4 aliphatic carbocycles. The highest BCUT2D eigenvalue weighted by Gasteiger charge is 2.64. The standard InChI is InChI=1S/C22H34O4/c1-12-16-11-18(25)19-14(20(16,3)8-7-17(12)24)5-9-21(4)15(19)6-10-22(21,26)13(2)23/h12-13,15-17,23-24,26H,5-11H2,1-4H3/t12?,13?,15-,16?,17?,20+,21-,22-/m0/s1. The number of carbonyl (C=O) groups excluding carboxylic acids is 1. The van der Waals surface area contributed by atoms with Gasteiger partial charge >= 0.3 is 0 Å². The Morgan fingerprint density at radius 1 is 1.15 bits per heavy atom. The number of aliphatic hydroxyl groups excluding tert-OH is 2. The average molecular weight is 363 g/mol. The summed E-state index contributed by atoms with van der Waals surface area (Å²) >= 11 is 0. The lowest BCUT2D eigenvalue weighted by Crippen LogP contribution is -2.56. The Hall–Kier alpha value is -0.710. The monoisotopic (exact) mass is 362 g/mol. The van der Waals surface area contributed by atoms with Crippen LogP contribution in [0.25, 0.3) is 0 Å². The largest absolute Gasteiger partial charge is 0.393 e. The zero-order valence-electron chi connectivity index (χ0n) is 16.6. The number of aliphatic hydroxyl groups is 3. The van der Waals surface area contributed by atoms with Crippen molar-refractivity contribution in [2.24, 2.45) is 28.6 Å². The van der Waals surface area contributed by atoms with Crippen molar-refractivity contribution in [3.8, 4) is 0 Å². The van der Waals surface area contributed by atoms with Crippen molar-refractivity contribution >= 4 is 5.78 Å². The Morgan fingerprint density at radius 2 is 1.85 bits per heavy atom. The van der Waals surface area contributed by atoms with Gasteiger partial charge in [0.05, 0.1) is 17.8 Å². The lowest BCUT2D eigenvalue weighted by molar-refractivity contribution is -0.147. The van der Waals surface area contributed by atoms with Gasteiger partial charge in [0.25, 0.3) is 0 Å². The summed E-state index contributed by atoms with van der Waals surface area (Å²) in [7, 11) is 0. The zero-order chi connectivity index (χ0) is 19.1. The van der Waals surface area contributed by atoms with E-state index in [1.807, 2.05) is 0 Å². The predicted molar refractivity (Wildman–Crippen MR) is 99.3 cm³/mol. The van der Waals surface area contributed by atoms with E-state index in [2.05, 4.69) is 20.8 Å². The Balaban J connectivity index is 1.80. The number of allylic oxidation sites excluding steroid dienone is 2. The van der Waals surface area contributed by atoms with Gasteiger partial charge in [0.15, 0.2) is 5.78 Å². The molecule has 2 saturated carbocycles. The number of hydrogen-bond donors (Lipinski definition) is 3. The topological polar surface area (TPSA) is 77.8 Å². The van der Waals surface area contributed by atoms with Crippen LogP contribution in [0.2, 0.25) is 0 Å². The molecule has 4 heteroatoms. The van der Waals surface area contributed by atoms with Crippen LogP contribution < -0.4 is 0 Å². The zero-order valence-corrected chi connectivity index (χ0v) is 16.6. The molecule has 0 bridgehead atoms. The highest BCUT2D eigenvalue weighted by molar-refractivity contribution is 5.98. The van der Waals surface area contributed by atoms with Gasteiger partial charge < -0.3 is 15.3 Å². The van der Waals surface area contributed by atoms with Crippen LogP contribution >= 0.6 is 0 Å². The number of fused-ring (bicyclic) bond motifs is 4. The molecule has 0 saturated heterocycles. The first kappa shape index (κ1) is 18.6. The Kier molecular flexibility index (Phi) is 4.05. The van der Waals surface area contributed by atoms with Crippen molar-refractivity contribution in [2.75, 3.05) is 0 Å². The second kappa shape index (κ2) is 5.65. The molecule has 4 nitrogen and oxygen atoms in total. The maximum Gasteiger partial charge on any atom is 0.159 e. The van der Waals surface area contributed by atoms with Crippen molar-refractivity contribution in [3.05, 3.63) is 11.1 Å². The quantitative estimate of drug-likeness (QED) is 0.670. The van der Waals surface area contributed by atoms with Gasteiger partial charge in [-0.05, 0) is 74.2 Å². The smallest absolute Gasteiger partial charge is 0.159 e. The summed E-state index contributed by atoms with van der Waals surface area (Å²) < 4.78 is 0. The van der Waals surface area contributed by atoms with Crippen molar-refractivity contribution < 1.29 is 20.1 Å². The van der Waals surface area contributed by atoms with Crippen LogP contribution in [0.5, 0.6) is 0 Å². The predicted octanol–water partition coefficient (Wildman–Crippen LogP) is 2.99. The fourth-order valence-electron chi connectivity index (χ4n) is 7.34. The van der Waals surface area contributed by atoms with Crippen LogP contribution in [0.15, 0.2) is 11.1 Å². The van der Waals surface area contributed by atoms with Crippen LogP contribution in [0, 0.1) is 28.6 Å². The van der Waals surface area contributed by atoms with E-state index >= 15 is 0 Å². The minimum Gasteiger partial charge on any atom is -0.393 e. The molecule has 0 aliphatic heterocycles. The number of rotatable bonds is 1. The molecule has 4 rings (SSSR count). The number of hydrogen-bond acceptors (Lipinski definition) is 4. The van der Waals surface area contributed by atoms with Crippen LogP contribution in [0.3, 0.4) is 0 Å². The van der Waals surface area contributed by atoms with Gasteiger partial charge in [-0.25, -0.2) is 0 Å². The van der Waals surface area contributed by atoms with Crippen LogP contribution in [0.1, 0.15) is 72.6 Å². The van der Waals surface area contributed by atoms with Gasteiger partial charge in [0.1, 0.15) is 0 Å². The summed E-state index contributed by atoms with van der Waals surface area (Å²) in [6.07, 6.45) is 4.18. The summed E-state index contributed by atoms with van der Waals surface area (Å²) in [4.78, 5) is 13.3. The Morgan fingerprint density at radius 3 is 2.50 bits per heavy atom. The first-order valence-corrected chi connectivity index (χ1v) is 10.4. The summed E-state index contributed by atoms with van der Waals surface area (Å²) in [5, 5.41) is 31.9. The van der Waals surface area contributed by atoms with Gasteiger partial charge in [-0.2, -0.15) is 0 Å². The summed E-state index contributed by atoms with van der Waals surface area (Å²) in [5.74, 6) is 0.657. The van der Waals surface area contributed by atoms with E-state index in [9.17, 15) is 20.1 Å². The summed E-state index contributed by atoms with van der Waals surface area (Å²) in [6, 6.07) is 0. The number of carbonyl (C=O) groups is 1. The molecule has 4 unspecified atom stereocenters. The van der Waals surface area contributed by atoms with Crippen molar-refractivity contribution in [1.29, 1.82) is 0 Å². The first-order valence-electron chi connectivity index (χ1n) is 10.4. The van der Waals surface area contributed by atoms with E-state index < -0.39 is 17.1 Å². The first-order chi connectivity index (χ1) is 12.1. The SMILES string of the molecule is CC1C(O)CC[C@]2(C)C3=C(C(=O)CC12)[C@@H]1CC[C@](O)(C(C)O)[C@@]1(C)CC3. The molecule has 0 aromatic carbocycles. The minimum atomic E-state index is -1.11. The number of ketones is 1. The fourth-order valence-corrected chi connectivity index (χ4v) is 7.34. The molecule has 0 amide bonds. The highest BCUT2D eigenvalue weighted by Crippen LogP contribution is 2.66. The molecule has 0 heterocycles. The second-order valence-electron chi connectivity index (χ2n) is 10.1. The molecule has 146 valence electrons. The van der Waals surface area contributed by atoms with Gasteiger partial charge in [-0.3, -0.25) is 4.79 Å². The van der Waals surface area contributed by atoms with E-state index in [-0.39, 0.29) is 35.1 Å². The molecule has 2 fully saturated rings. The minimum absolute atomic E-state index is 0.00520. The molecule has 26 heavy (non-hydrogen) atoms. The van der Waals surface area contributed by atoms with Gasteiger partial charge in [0, 0.05) is 11.8 Å². The lowest BCUT2D eigenvalue weighted by Gasteiger charge is -2.56. The number of Topliss-reactive ketones (excluding diaryl/α,β-unsaturated/α-hetero) is 1. The van der Waals surface area contributed by atoms with Crippen LogP contribution in [0.4, 0.5) is 0 Å². The molecular formula is C22H34O4. The Labute approximate surface area is 156 Å². The lowest BCUT2D eigenvalue weighted by atomic mass is 9.48. The average Bonchev–Trinajstić information content (AvgIpc) is 2.86. The normalized spacial score (nSPS) is 52.3. The third-order valence-electron chi connectivity index (χ3n) is 9.25. The van der Waals surface area contributed by atoms with Crippen molar-refractivity contribution in [3.63, 3.8) is 0 Å². The van der Waals surface area contributed by atoms with Gasteiger partial charge in [-0.1, -0.05) is 26.3 Å². The van der Waals surface area contributed by atoms with Gasteiger partial charge in [-0.15, -0.1) is 0 Å². The maximum absolute atomic E-state index is 13.3. The molecule has 0 radical (unpaired) electrons. The molecule has 0 aromatic heterocycles. The Bertz CT molecular complexity index is 667. The van der Waals surface area contributed by atoms with Gasteiger partial charge in [0.2, 0.25) is 0 Å². The van der Waals surface area contributed by atoms with E-state index in [0.717, 1.165) is 37.7 Å².